The van der Waals surface area contributed by atoms with Crippen molar-refractivity contribution in [3.05, 3.63) is 35.9 Å². The molecule has 0 spiro atoms. The van der Waals surface area contributed by atoms with E-state index in [1.54, 1.807) is 11.8 Å². The molecule has 120 valence electrons. The van der Waals surface area contributed by atoms with E-state index in [0.717, 1.165) is 5.75 Å². The lowest BCUT2D eigenvalue weighted by Crippen LogP contribution is -2.48. The van der Waals surface area contributed by atoms with Gasteiger partial charge in [-0.15, -0.1) is 24.2 Å². The van der Waals surface area contributed by atoms with Crippen LogP contribution in [-0.2, 0) is 10.5 Å². The summed E-state index contributed by atoms with van der Waals surface area (Å²) in [5.74, 6) is 1.23. The van der Waals surface area contributed by atoms with Gasteiger partial charge in [-0.25, -0.2) is 0 Å². The van der Waals surface area contributed by atoms with Gasteiger partial charge in [-0.2, -0.15) is 0 Å². The van der Waals surface area contributed by atoms with Crippen LogP contribution in [0, 0.1) is 5.92 Å². The van der Waals surface area contributed by atoms with Gasteiger partial charge in [0, 0.05) is 17.8 Å². The summed E-state index contributed by atoms with van der Waals surface area (Å²) in [6.45, 7) is 8.48. The second-order valence-corrected chi connectivity index (χ2v) is 7.30. The maximum Gasteiger partial charge on any atom is 0.233 e. The van der Waals surface area contributed by atoms with Crippen molar-refractivity contribution in [2.24, 2.45) is 11.7 Å². The third kappa shape index (κ3) is 8.34. The number of nitrogens with one attached hydrogen (secondary N) is 1. The summed E-state index contributed by atoms with van der Waals surface area (Å²) in [7, 11) is 0. The van der Waals surface area contributed by atoms with Crippen molar-refractivity contribution >= 4 is 30.1 Å². The summed E-state index contributed by atoms with van der Waals surface area (Å²) in [6.07, 6.45) is 0. The highest BCUT2D eigenvalue weighted by Gasteiger charge is 2.24. The van der Waals surface area contributed by atoms with E-state index in [0.29, 0.717) is 12.5 Å². The summed E-state index contributed by atoms with van der Waals surface area (Å²) in [5.41, 5.74) is 6.78. The number of halogens is 1. The molecule has 0 saturated heterocycles. The van der Waals surface area contributed by atoms with Crippen molar-refractivity contribution in [2.75, 3.05) is 6.54 Å². The molecular formula is C16H27ClN2OS. The van der Waals surface area contributed by atoms with Crippen LogP contribution >= 0.6 is 24.2 Å². The van der Waals surface area contributed by atoms with Crippen LogP contribution in [0.2, 0.25) is 0 Å². The number of nitrogens with two attached hydrogens (primary N) is 1. The summed E-state index contributed by atoms with van der Waals surface area (Å²) >= 11 is 1.69. The highest BCUT2D eigenvalue weighted by atomic mass is 35.5. The van der Waals surface area contributed by atoms with Crippen LogP contribution in [0.5, 0.6) is 0 Å². The summed E-state index contributed by atoms with van der Waals surface area (Å²) < 4.78 is 0. The minimum atomic E-state index is -0.374. The zero-order chi connectivity index (χ0) is 15.2. The Bertz CT molecular complexity index is 418. The Morgan fingerprint density at radius 1 is 1.29 bits per heavy atom. The van der Waals surface area contributed by atoms with Gasteiger partial charge in [0.25, 0.3) is 0 Å². The minimum Gasteiger partial charge on any atom is -0.353 e. The van der Waals surface area contributed by atoms with Crippen LogP contribution in [0.1, 0.15) is 33.3 Å². The molecular weight excluding hydrogens is 304 g/mol. The number of carbonyl (C=O) groups is 1. The fourth-order valence-electron chi connectivity index (χ4n) is 1.75. The number of amides is 1. The number of rotatable bonds is 7. The smallest absolute Gasteiger partial charge is 0.233 e. The molecule has 0 aromatic heterocycles. The first-order valence-electron chi connectivity index (χ1n) is 7.02. The molecule has 5 heteroatoms. The molecule has 0 bridgehead atoms. The molecule has 1 aromatic carbocycles. The molecule has 3 N–H and O–H groups in total. The van der Waals surface area contributed by atoms with Gasteiger partial charge >= 0.3 is 0 Å². The molecule has 0 fully saturated rings. The van der Waals surface area contributed by atoms with E-state index in [4.69, 9.17) is 5.73 Å². The first kappa shape index (κ1) is 20.3. The fraction of sp³-hybridized carbons (Fsp3) is 0.562. The molecule has 0 aliphatic rings. The molecule has 0 radical (unpaired) electrons. The average molecular weight is 331 g/mol. The van der Waals surface area contributed by atoms with Crippen molar-refractivity contribution in [1.29, 1.82) is 0 Å². The largest absolute Gasteiger partial charge is 0.353 e. The summed E-state index contributed by atoms with van der Waals surface area (Å²) in [5, 5.41) is 2.91. The Morgan fingerprint density at radius 2 is 1.86 bits per heavy atom. The van der Waals surface area contributed by atoms with Crippen LogP contribution in [0.3, 0.4) is 0 Å². The first-order chi connectivity index (χ1) is 9.29. The number of benzene rings is 1. The molecule has 21 heavy (non-hydrogen) atoms. The molecule has 1 rings (SSSR count). The zero-order valence-electron chi connectivity index (χ0n) is 13.3. The maximum atomic E-state index is 12.3. The second-order valence-electron chi connectivity index (χ2n) is 6.17. The van der Waals surface area contributed by atoms with Gasteiger partial charge in [0.05, 0.1) is 5.25 Å². The lowest BCUT2D eigenvalue weighted by Gasteiger charge is -2.24. The van der Waals surface area contributed by atoms with Crippen LogP contribution in [0.25, 0.3) is 0 Å². The minimum absolute atomic E-state index is 0. The molecule has 0 aliphatic heterocycles. The number of carbonyl (C=O) groups excluding carboxylic acids is 1. The van der Waals surface area contributed by atoms with E-state index >= 15 is 0 Å². The van der Waals surface area contributed by atoms with E-state index in [-0.39, 0.29) is 29.1 Å². The molecule has 1 unspecified atom stereocenters. The second kappa shape index (κ2) is 9.34. The Labute approximate surface area is 138 Å². The van der Waals surface area contributed by atoms with Crippen LogP contribution in [0.15, 0.2) is 30.3 Å². The number of hydrogen-bond acceptors (Lipinski definition) is 3. The highest BCUT2D eigenvalue weighted by Crippen LogP contribution is 2.24. The monoisotopic (exact) mass is 330 g/mol. The van der Waals surface area contributed by atoms with Gasteiger partial charge < -0.3 is 11.1 Å². The summed E-state index contributed by atoms with van der Waals surface area (Å²) in [6, 6.07) is 10.2. The van der Waals surface area contributed by atoms with Crippen LogP contribution < -0.4 is 11.1 Å². The van der Waals surface area contributed by atoms with E-state index < -0.39 is 0 Å². The third-order valence-electron chi connectivity index (χ3n) is 2.85. The standard InChI is InChI=1S/C16H26N2OS.ClH/c1-12(2)14(15(19)18-11-16(3,4)17)20-10-13-8-6-5-7-9-13;/h5-9,12,14H,10-11,17H2,1-4H3,(H,18,19);1H. The van der Waals surface area contributed by atoms with Crippen LogP contribution in [-0.4, -0.2) is 23.2 Å². The van der Waals surface area contributed by atoms with E-state index in [9.17, 15) is 4.79 Å². The van der Waals surface area contributed by atoms with Crippen LogP contribution in [0.4, 0.5) is 0 Å². The predicted octanol–water partition coefficient (Wildman–Crippen LogP) is 3.22. The van der Waals surface area contributed by atoms with Crippen molar-refractivity contribution in [2.45, 2.75) is 44.2 Å². The molecule has 1 aromatic rings. The lowest BCUT2D eigenvalue weighted by molar-refractivity contribution is -0.121. The Hall–Kier alpha value is -0.710. The lowest BCUT2D eigenvalue weighted by atomic mass is 10.1. The normalized spacial score (nSPS) is 12.7. The Kier molecular flexibility index (Phi) is 9.02. The Morgan fingerprint density at radius 3 is 2.33 bits per heavy atom. The topological polar surface area (TPSA) is 55.1 Å². The molecule has 1 atom stereocenters. The van der Waals surface area contributed by atoms with Gasteiger partial charge in [0.2, 0.25) is 5.91 Å². The molecule has 0 saturated carbocycles. The Balaban J connectivity index is 0.00000400. The van der Waals surface area contributed by atoms with Gasteiger partial charge in [-0.05, 0) is 25.3 Å². The molecule has 0 heterocycles. The molecule has 3 nitrogen and oxygen atoms in total. The van der Waals surface area contributed by atoms with Gasteiger partial charge in [-0.1, -0.05) is 44.2 Å². The SMILES string of the molecule is CC(C)C(SCc1ccccc1)C(=O)NCC(C)(C)N.Cl. The van der Waals surface area contributed by atoms with Crippen molar-refractivity contribution in [3.8, 4) is 0 Å². The zero-order valence-corrected chi connectivity index (χ0v) is 14.9. The van der Waals surface area contributed by atoms with Crippen molar-refractivity contribution < 1.29 is 4.79 Å². The van der Waals surface area contributed by atoms with Gasteiger partial charge in [-0.3, -0.25) is 4.79 Å². The van der Waals surface area contributed by atoms with Gasteiger partial charge in [0.1, 0.15) is 0 Å². The van der Waals surface area contributed by atoms with Gasteiger partial charge in [0.15, 0.2) is 0 Å². The quantitative estimate of drug-likeness (QED) is 0.807. The van der Waals surface area contributed by atoms with E-state index in [1.165, 1.54) is 5.56 Å². The average Bonchev–Trinajstić information content (AvgIpc) is 2.36. The first-order valence-corrected chi connectivity index (χ1v) is 8.06. The summed E-state index contributed by atoms with van der Waals surface area (Å²) in [4.78, 5) is 12.3. The molecule has 0 aliphatic carbocycles. The number of thioether (sulfide) groups is 1. The van der Waals surface area contributed by atoms with E-state index in [2.05, 4.69) is 31.3 Å². The van der Waals surface area contributed by atoms with Crippen molar-refractivity contribution in [1.82, 2.24) is 5.32 Å². The molecule has 1 amide bonds. The number of hydrogen-bond donors (Lipinski definition) is 2. The maximum absolute atomic E-state index is 12.3. The third-order valence-corrected chi connectivity index (χ3v) is 4.47. The highest BCUT2D eigenvalue weighted by molar-refractivity contribution is 7.99. The van der Waals surface area contributed by atoms with E-state index in [1.807, 2.05) is 32.0 Å². The predicted molar refractivity (Wildman–Crippen MR) is 94.9 cm³/mol. The van der Waals surface area contributed by atoms with Crippen molar-refractivity contribution in [3.63, 3.8) is 0 Å². The fourth-order valence-corrected chi connectivity index (χ4v) is 2.93.